The molecule has 2 heterocycles. The van der Waals surface area contributed by atoms with Gasteiger partial charge < -0.3 is 4.74 Å². The highest BCUT2D eigenvalue weighted by Crippen LogP contribution is 2.57. The summed E-state index contributed by atoms with van der Waals surface area (Å²) in [5.74, 6) is 2.40. The van der Waals surface area contributed by atoms with E-state index in [1.165, 1.54) is 11.1 Å². The second-order valence-electron chi connectivity index (χ2n) is 12.5. The van der Waals surface area contributed by atoms with Crippen LogP contribution in [0.25, 0.3) is 45.0 Å². The molecule has 0 N–H and O–H groups in total. The lowest BCUT2D eigenvalue weighted by Gasteiger charge is -2.42. The number of fused-ring (bicyclic) bond motifs is 2. The fraction of sp³-hybridized carbons (Fsp3) is 0.0213. The molecule has 9 rings (SSSR count). The number of aromatic nitrogens is 2. The Hall–Kier alpha value is -6.58. The molecule has 0 atom stereocenters. The zero-order valence-electron chi connectivity index (χ0n) is 27.3. The van der Waals surface area contributed by atoms with Gasteiger partial charge in [-0.1, -0.05) is 182 Å². The third kappa shape index (κ3) is 4.99. The molecular weight excluding hydrogens is 609 g/mol. The topological polar surface area (TPSA) is 35.0 Å². The van der Waals surface area contributed by atoms with Crippen LogP contribution in [0.15, 0.2) is 194 Å². The summed E-state index contributed by atoms with van der Waals surface area (Å²) in [6.07, 6.45) is 0. The summed E-state index contributed by atoms with van der Waals surface area (Å²) < 4.78 is 6.88. The lowest BCUT2D eigenvalue weighted by atomic mass is 9.63. The van der Waals surface area contributed by atoms with Gasteiger partial charge in [0.15, 0.2) is 5.82 Å². The van der Waals surface area contributed by atoms with Gasteiger partial charge in [0.05, 0.1) is 16.8 Å². The lowest BCUT2D eigenvalue weighted by Crippen LogP contribution is -2.34. The summed E-state index contributed by atoms with van der Waals surface area (Å²) in [6, 6.07) is 67.7. The first-order valence-corrected chi connectivity index (χ1v) is 16.9. The minimum atomic E-state index is -0.567. The normalized spacial score (nSPS) is 12.7. The quantitative estimate of drug-likeness (QED) is 0.181. The monoisotopic (exact) mass is 640 g/mol. The molecule has 1 aromatic heterocycles. The van der Waals surface area contributed by atoms with E-state index in [1.807, 2.05) is 36.4 Å². The molecule has 50 heavy (non-hydrogen) atoms. The highest BCUT2D eigenvalue weighted by Gasteiger charge is 2.45. The molecule has 0 saturated heterocycles. The van der Waals surface area contributed by atoms with Crippen LogP contribution >= 0.6 is 0 Å². The van der Waals surface area contributed by atoms with Gasteiger partial charge in [0.25, 0.3) is 0 Å². The summed E-state index contributed by atoms with van der Waals surface area (Å²) in [6.45, 7) is 0. The predicted octanol–water partition coefficient (Wildman–Crippen LogP) is 11.6. The molecule has 0 fully saturated rings. The third-order valence-electron chi connectivity index (χ3n) is 9.66. The van der Waals surface area contributed by atoms with E-state index < -0.39 is 5.41 Å². The maximum absolute atomic E-state index is 6.88. The molecule has 0 spiro atoms. The number of para-hydroxylation sites is 2. The Morgan fingerprint density at radius 3 is 1.44 bits per heavy atom. The van der Waals surface area contributed by atoms with Crippen molar-refractivity contribution in [1.29, 1.82) is 0 Å². The molecule has 1 aliphatic rings. The molecule has 0 aliphatic carbocycles. The van der Waals surface area contributed by atoms with Crippen molar-refractivity contribution in [3.63, 3.8) is 0 Å². The van der Waals surface area contributed by atoms with Gasteiger partial charge in [0, 0.05) is 33.4 Å². The zero-order valence-corrected chi connectivity index (χ0v) is 27.3. The molecular formula is C47H32N2O. The fourth-order valence-corrected chi connectivity index (χ4v) is 7.34. The second kappa shape index (κ2) is 12.5. The van der Waals surface area contributed by atoms with Crippen molar-refractivity contribution in [2.45, 2.75) is 5.41 Å². The standard InChI is InChI=1S/C47H32N2O/c1-5-16-34(17-6-1)42-32-43(35-18-7-2-8-19-35)49-46(48-42)36-30-28-33(29-31-36)39-24-15-26-41-45(39)50-44-27-14-13-25-40(44)47(41,37-20-9-3-10-21-37)38-22-11-4-12-23-38/h1-32H. The fourth-order valence-electron chi connectivity index (χ4n) is 7.34. The third-order valence-corrected chi connectivity index (χ3v) is 9.66. The van der Waals surface area contributed by atoms with E-state index in [4.69, 9.17) is 14.7 Å². The molecule has 0 radical (unpaired) electrons. The van der Waals surface area contributed by atoms with E-state index in [9.17, 15) is 0 Å². The average molecular weight is 641 g/mol. The lowest BCUT2D eigenvalue weighted by molar-refractivity contribution is 0.436. The van der Waals surface area contributed by atoms with Crippen LogP contribution < -0.4 is 4.74 Å². The SMILES string of the molecule is c1ccc(-c2cc(-c3ccccc3)nc(-c3ccc(-c4cccc5c4Oc4ccccc4C5(c4ccccc4)c4ccccc4)cc3)n2)cc1. The summed E-state index contributed by atoms with van der Waals surface area (Å²) >= 11 is 0. The smallest absolute Gasteiger partial charge is 0.160 e. The number of nitrogens with zero attached hydrogens (tertiary/aromatic N) is 2. The van der Waals surface area contributed by atoms with Crippen molar-refractivity contribution in [3.05, 3.63) is 216 Å². The van der Waals surface area contributed by atoms with Crippen LogP contribution in [0.5, 0.6) is 11.5 Å². The van der Waals surface area contributed by atoms with Gasteiger partial charge in [-0.3, -0.25) is 0 Å². The Labute approximate surface area is 292 Å². The summed E-state index contributed by atoms with van der Waals surface area (Å²) in [5.41, 5.74) is 11.0. The van der Waals surface area contributed by atoms with Gasteiger partial charge in [0.2, 0.25) is 0 Å². The Morgan fingerprint density at radius 2 is 0.860 bits per heavy atom. The molecule has 0 unspecified atom stereocenters. The van der Waals surface area contributed by atoms with Crippen LogP contribution in [0.3, 0.4) is 0 Å². The summed E-state index contributed by atoms with van der Waals surface area (Å²) in [4.78, 5) is 10.1. The Bertz CT molecular complexity index is 2330. The van der Waals surface area contributed by atoms with E-state index in [-0.39, 0.29) is 0 Å². The molecule has 236 valence electrons. The van der Waals surface area contributed by atoms with E-state index >= 15 is 0 Å². The number of rotatable bonds is 6. The highest BCUT2D eigenvalue weighted by molar-refractivity contribution is 5.81. The van der Waals surface area contributed by atoms with Gasteiger partial charge in [-0.2, -0.15) is 0 Å². The van der Waals surface area contributed by atoms with Crippen molar-refractivity contribution >= 4 is 0 Å². The molecule has 0 saturated carbocycles. The first kappa shape index (κ1) is 29.6. The molecule has 3 nitrogen and oxygen atoms in total. The zero-order chi connectivity index (χ0) is 33.3. The minimum absolute atomic E-state index is 0.567. The molecule has 7 aromatic carbocycles. The van der Waals surface area contributed by atoms with Gasteiger partial charge in [-0.15, -0.1) is 0 Å². The summed E-state index contributed by atoms with van der Waals surface area (Å²) in [7, 11) is 0. The highest BCUT2D eigenvalue weighted by atomic mass is 16.5. The first-order valence-electron chi connectivity index (χ1n) is 16.9. The molecule has 8 aromatic rings. The van der Waals surface area contributed by atoms with Gasteiger partial charge in [-0.25, -0.2) is 9.97 Å². The number of benzene rings is 7. The van der Waals surface area contributed by atoms with E-state index in [0.29, 0.717) is 5.82 Å². The molecule has 0 amide bonds. The van der Waals surface area contributed by atoms with Gasteiger partial charge in [0.1, 0.15) is 11.5 Å². The maximum atomic E-state index is 6.88. The van der Waals surface area contributed by atoms with Gasteiger partial charge >= 0.3 is 0 Å². The average Bonchev–Trinajstić information content (AvgIpc) is 3.21. The number of ether oxygens (including phenoxy) is 1. The molecule has 3 heteroatoms. The van der Waals surface area contributed by atoms with E-state index in [0.717, 1.165) is 61.8 Å². The molecule has 1 aliphatic heterocycles. The largest absolute Gasteiger partial charge is 0.456 e. The van der Waals surface area contributed by atoms with Crippen LogP contribution in [0.1, 0.15) is 22.3 Å². The van der Waals surface area contributed by atoms with Gasteiger partial charge in [-0.05, 0) is 28.8 Å². The first-order chi connectivity index (χ1) is 24.8. The number of hydrogen-bond acceptors (Lipinski definition) is 3. The van der Waals surface area contributed by atoms with Crippen molar-refractivity contribution in [2.75, 3.05) is 0 Å². The Kier molecular flexibility index (Phi) is 7.37. The van der Waals surface area contributed by atoms with Crippen LogP contribution in [0.4, 0.5) is 0 Å². The van der Waals surface area contributed by atoms with Crippen molar-refractivity contribution < 1.29 is 4.74 Å². The van der Waals surface area contributed by atoms with Crippen LogP contribution in [0.2, 0.25) is 0 Å². The van der Waals surface area contributed by atoms with Crippen LogP contribution in [0, 0.1) is 0 Å². The minimum Gasteiger partial charge on any atom is -0.456 e. The van der Waals surface area contributed by atoms with Crippen molar-refractivity contribution in [3.8, 4) is 56.5 Å². The predicted molar refractivity (Wildman–Crippen MR) is 202 cm³/mol. The summed E-state index contributed by atoms with van der Waals surface area (Å²) in [5, 5.41) is 0. The second-order valence-corrected chi connectivity index (χ2v) is 12.5. The number of hydrogen-bond donors (Lipinski definition) is 0. The van der Waals surface area contributed by atoms with Crippen LogP contribution in [-0.4, -0.2) is 9.97 Å². The Morgan fingerprint density at radius 1 is 0.380 bits per heavy atom. The molecule has 0 bridgehead atoms. The van der Waals surface area contributed by atoms with Crippen LogP contribution in [-0.2, 0) is 5.41 Å². The van der Waals surface area contributed by atoms with Crippen molar-refractivity contribution in [2.24, 2.45) is 0 Å². The Balaban J connectivity index is 1.19. The maximum Gasteiger partial charge on any atom is 0.160 e. The van der Waals surface area contributed by atoms with E-state index in [1.54, 1.807) is 0 Å². The van der Waals surface area contributed by atoms with E-state index in [2.05, 4.69) is 158 Å². The van der Waals surface area contributed by atoms with Crippen molar-refractivity contribution in [1.82, 2.24) is 9.97 Å².